The average molecular weight is 536 g/mol. The highest BCUT2D eigenvalue weighted by Gasteiger charge is 2.22. The molecule has 0 aromatic heterocycles. The Labute approximate surface area is 217 Å². The highest BCUT2D eigenvalue weighted by molar-refractivity contribution is 6.33. The zero-order valence-corrected chi connectivity index (χ0v) is 20.9. The number of aryl methyl sites for hydroxylation is 2. The van der Waals surface area contributed by atoms with Crippen molar-refractivity contribution in [1.82, 2.24) is 5.32 Å². The van der Waals surface area contributed by atoms with Gasteiger partial charge in [-0.05, 0) is 48.7 Å². The van der Waals surface area contributed by atoms with Crippen LogP contribution in [0.15, 0.2) is 42.5 Å². The molecule has 3 aromatic rings. The van der Waals surface area contributed by atoms with E-state index in [1.807, 2.05) is 31.3 Å². The third kappa shape index (κ3) is 6.74. The molecule has 0 saturated heterocycles. The van der Waals surface area contributed by atoms with Gasteiger partial charge in [0.05, 0.1) is 18.2 Å². The summed E-state index contributed by atoms with van der Waals surface area (Å²) in [6.45, 7) is 4.52. The van der Waals surface area contributed by atoms with Crippen molar-refractivity contribution in [1.29, 1.82) is 0 Å². The average Bonchev–Trinajstić information content (AvgIpc) is 3.10. The van der Waals surface area contributed by atoms with Crippen LogP contribution in [0.3, 0.4) is 0 Å². The van der Waals surface area contributed by atoms with Crippen molar-refractivity contribution in [3.63, 3.8) is 0 Å². The molecule has 0 aliphatic carbocycles. The van der Waals surface area contributed by atoms with Gasteiger partial charge in [0.2, 0.25) is 0 Å². The molecule has 6 nitrogen and oxygen atoms in total. The molecule has 0 bridgehead atoms. The summed E-state index contributed by atoms with van der Waals surface area (Å²) in [5.74, 6) is -3.29. The number of carbonyl (C=O) groups is 2. The van der Waals surface area contributed by atoms with Crippen molar-refractivity contribution >= 4 is 23.5 Å². The number of carboxylic acid groups (broad SMARTS) is 1. The van der Waals surface area contributed by atoms with Crippen LogP contribution in [-0.4, -0.2) is 36.7 Å². The molecule has 196 valence electrons. The second kappa shape index (κ2) is 12.5. The molecule has 10 heteroatoms. The molecule has 3 aromatic carbocycles. The normalized spacial score (nSPS) is 12.2. The van der Waals surface area contributed by atoms with Crippen LogP contribution >= 0.6 is 11.6 Å². The van der Waals surface area contributed by atoms with Crippen LogP contribution in [0.4, 0.5) is 13.2 Å². The quantitative estimate of drug-likeness (QED) is 0.421. The van der Waals surface area contributed by atoms with E-state index in [4.69, 9.17) is 26.2 Å². The van der Waals surface area contributed by atoms with Crippen LogP contribution in [0.1, 0.15) is 34.8 Å². The van der Waals surface area contributed by atoms with Crippen molar-refractivity contribution in [2.75, 3.05) is 19.8 Å². The summed E-state index contributed by atoms with van der Waals surface area (Å²) in [5, 5.41) is 10.5. The van der Waals surface area contributed by atoms with Gasteiger partial charge in [0, 0.05) is 17.5 Å². The Bertz CT molecular complexity index is 1300. The van der Waals surface area contributed by atoms with E-state index in [2.05, 4.69) is 0 Å². The Morgan fingerprint density at radius 2 is 1.68 bits per heavy atom. The summed E-state index contributed by atoms with van der Waals surface area (Å²) in [5.41, 5.74) is 2.80. The van der Waals surface area contributed by atoms with Crippen LogP contribution < -0.4 is 14.8 Å². The molecule has 1 aliphatic heterocycles. The molecule has 0 saturated carbocycles. The number of amides is 1. The summed E-state index contributed by atoms with van der Waals surface area (Å²) in [6.07, 6.45) is 1.53. The number of ether oxygens (including phenoxy) is 2. The third-order valence-corrected chi connectivity index (χ3v) is 5.77. The number of fused-ring (bicyclic) bond motifs is 1. The van der Waals surface area contributed by atoms with Crippen LogP contribution in [-0.2, 0) is 11.2 Å². The fraction of sp³-hybridized carbons (Fsp3) is 0.259. The molecule has 0 unspecified atom stereocenters. The maximum atomic E-state index is 13.6. The lowest BCUT2D eigenvalue weighted by atomic mass is 9.95. The Morgan fingerprint density at radius 3 is 2.30 bits per heavy atom. The smallest absolute Gasteiger partial charge is 0.322 e. The number of rotatable bonds is 5. The highest BCUT2D eigenvalue weighted by Crippen LogP contribution is 2.45. The van der Waals surface area contributed by atoms with Gasteiger partial charge in [-0.2, -0.15) is 0 Å². The van der Waals surface area contributed by atoms with Gasteiger partial charge in [0.15, 0.2) is 11.5 Å². The second-order valence-electron chi connectivity index (χ2n) is 8.09. The number of benzene rings is 3. The number of carbonyl (C=O) groups excluding carboxylic acids is 1. The zero-order chi connectivity index (χ0) is 27.1. The van der Waals surface area contributed by atoms with E-state index in [0.29, 0.717) is 30.4 Å². The summed E-state index contributed by atoms with van der Waals surface area (Å²) in [6, 6.07) is 9.78. The first kappa shape index (κ1) is 27.9. The molecular weight excluding hydrogens is 511 g/mol. The minimum absolute atomic E-state index is 0.319. The number of nitrogens with one attached hydrogen (secondary N) is 1. The molecule has 1 aliphatic rings. The minimum atomic E-state index is -1.29. The molecule has 0 atom stereocenters. The third-order valence-electron chi connectivity index (χ3n) is 5.47. The highest BCUT2D eigenvalue weighted by atomic mass is 35.5. The van der Waals surface area contributed by atoms with Gasteiger partial charge < -0.3 is 19.9 Å². The Hall–Kier alpha value is -3.72. The first-order valence-corrected chi connectivity index (χ1v) is 11.8. The Morgan fingerprint density at radius 1 is 1.03 bits per heavy atom. The molecule has 1 amide bonds. The van der Waals surface area contributed by atoms with Crippen molar-refractivity contribution in [2.45, 2.75) is 26.7 Å². The van der Waals surface area contributed by atoms with Gasteiger partial charge in [-0.25, -0.2) is 13.2 Å². The lowest BCUT2D eigenvalue weighted by Crippen LogP contribution is -2.30. The lowest BCUT2D eigenvalue weighted by Gasteiger charge is -2.18. The van der Waals surface area contributed by atoms with Crippen molar-refractivity contribution in [2.24, 2.45) is 0 Å². The maximum absolute atomic E-state index is 13.6. The number of aliphatic carboxylic acids is 1. The largest absolute Gasteiger partial charge is 0.489 e. The monoisotopic (exact) mass is 535 g/mol. The van der Waals surface area contributed by atoms with Gasteiger partial charge in [0.25, 0.3) is 5.91 Å². The lowest BCUT2D eigenvalue weighted by molar-refractivity contribution is -0.135. The van der Waals surface area contributed by atoms with Gasteiger partial charge in [-0.15, -0.1) is 0 Å². The minimum Gasteiger partial charge on any atom is -0.489 e. The van der Waals surface area contributed by atoms with Gasteiger partial charge in [-0.3, -0.25) is 9.59 Å². The van der Waals surface area contributed by atoms with Gasteiger partial charge in [-0.1, -0.05) is 36.7 Å². The standard InChI is InChI=1S/C18H18ClFO2.C9H7F2NO3/c1-3-12-9-13(20)10-15(19)16(12)14-6-5-11(2)17-18(14)22-8-4-7-21-17;10-5-2-1-3-6(11)8(5)9(15)12-4-7(13)14/h5-6,9-10H,3-4,7-8H2,1-2H3;1-3H,4H2,(H,12,15)(H,13,14). The van der Waals surface area contributed by atoms with Crippen molar-refractivity contribution < 1.29 is 37.3 Å². The van der Waals surface area contributed by atoms with Crippen molar-refractivity contribution in [3.8, 4) is 22.6 Å². The van der Waals surface area contributed by atoms with Gasteiger partial charge in [0.1, 0.15) is 29.6 Å². The SMILES string of the molecule is CCc1cc(F)cc(Cl)c1-c1ccc(C)c2c1OCCCO2.O=C(O)CNC(=O)c1c(F)cccc1F. The van der Waals surface area contributed by atoms with E-state index < -0.39 is 35.6 Å². The predicted octanol–water partition coefficient (Wildman–Crippen LogP) is 5.96. The number of hydrogen-bond acceptors (Lipinski definition) is 4. The van der Waals surface area contributed by atoms with E-state index in [0.717, 1.165) is 52.6 Å². The van der Waals surface area contributed by atoms with Gasteiger partial charge >= 0.3 is 5.97 Å². The van der Waals surface area contributed by atoms with Crippen LogP contribution in [0.2, 0.25) is 5.02 Å². The van der Waals surface area contributed by atoms with Crippen LogP contribution in [0.25, 0.3) is 11.1 Å². The fourth-order valence-electron chi connectivity index (χ4n) is 3.75. The molecular formula is C27H25ClF3NO5. The molecule has 2 N–H and O–H groups in total. The maximum Gasteiger partial charge on any atom is 0.322 e. The molecule has 4 rings (SSSR count). The van der Waals surface area contributed by atoms with E-state index in [1.165, 1.54) is 12.1 Å². The van der Waals surface area contributed by atoms with Crippen molar-refractivity contribution in [3.05, 3.63) is 81.6 Å². The summed E-state index contributed by atoms with van der Waals surface area (Å²) in [4.78, 5) is 21.2. The predicted molar refractivity (Wildman–Crippen MR) is 133 cm³/mol. The Kier molecular flexibility index (Phi) is 9.41. The van der Waals surface area contributed by atoms with E-state index in [1.54, 1.807) is 0 Å². The topological polar surface area (TPSA) is 84.9 Å². The summed E-state index contributed by atoms with van der Waals surface area (Å²) < 4.78 is 51.4. The first-order chi connectivity index (χ1) is 17.6. The molecule has 0 radical (unpaired) electrons. The summed E-state index contributed by atoms with van der Waals surface area (Å²) in [7, 11) is 0. The van der Waals surface area contributed by atoms with Crippen LogP contribution in [0.5, 0.6) is 11.5 Å². The molecule has 1 heterocycles. The first-order valence-electron chi connectivity index (χ1n) is 11.5. The molecule has 37 heavy (non-hydrogen) atoms. The van der Waals surface area contributed by atoms with E-state index in [-0.39, 0.29) is 5.82 Å². The molecule has 0 spiro atoms. The zero-order valence-electron chi connectivity index (χ0n) is 20.2. The van der Waals surface area contributed by atoms with E-state index >= 15 is 0 Å². The molecule has 0 fully saturated rings. The number of halogens is 4. The summed E-state index contributed by atoms with van der Waals surface area (Å²) >= 11 is 6.33. The number of hydrogen-bond donors (Lipinski definition) is 2. The fourth-order valence-corrected chi connectivity index (χ4v) is 4.08. The number of carboxylic acids is 1. The van der Waals surface area contributed by atoms with Crippen LogP contribution in [0, 0.1) is 24.4 Å². The van der Waals surface area contributed by atoms with E-state index in [9.17, 15) is 22.8 Å². The second-order valence-corrected chi connectivity index (χ2v) is 8.49. The Balaban J connectivity index is 0.000000222.